The molecule has 2 rings (SSSR count). The maximum absolute atomic E-state index is 12.1. The van der Waals surface area contributed by atoms with E-state index in [0.29, 0.717) is 28.4 Å². The summed E-state index contributed by atoms with van der Waals surface area (Å²) >= 11 is 5.80. The summed E-state index contributed by atoms with van der Waals surface area (Å²) in [4.78, 5) is 23.7. The van der Waals surface area contributed by atoms with E-state index in [1.165, 1.54) is 0 Å². The van der Waals surface area contributed by atoms with Crippen LogP contribution in [-0.2, 0) is 4.79 Å². The number of ether oxygens (including phenoxy) is 1. The minimum atomic E-state index is -0.668. The van der Waals surface area contributed by atoms with Crippen LogP contribution in [0.25, 0.3) is 0 Å². The van der Waals surface area contributed by atoms with Gasteiger partial charge in [0.1, 0.15) is 5.75 Å². The highest BCUT2D eigenvalue weighted by Crippen LogP contribution is 2.17. The molecule has 0 aliphatic carbocycles. The summed E-state index contributed by atoms with van der Waals surface area (Å²) < 4.78 is 5.59. The number of anilines is 1. The highest BCUT2D eigenvalue weighted by atomic mass is 35.5. The molecule has 0 aromatic heterocycles. The number of halogens is 1. The number of benzene rings is 2. The van der Waals surface area contributed by atoms with E-state index < -0.39 is 6.10 Å². The van der Waals surface area contributed by atoms with E-state index >= 15 is 0 Å². The predicted molar refractivity (Wildman–Crippen MR) is 91.2 cm³/mol. The van der Waals surface area contributed by atoms with Crippen LogP contribution in [-0.4, -0.2) is 17.8 Å². The van der Waals surface area contributed by atoms with Crippen LogP contribution in [0.4, 0.5) is 5.69 Å². The third kappa shape index (κ3) is 4.83. The van der Waals surface area contributed by atoms with E-state index in [1.807, 2.05) is 6.92 Å². The van der Waals surface area contributed by atoms with Gasteiger partial charge in [0.25, 0.3) is 5.91 Å². The number of rotatable bonds is 6. The number of hydrogen-bond donors (Lipinski definition) is 1. The molecule has 0 spiro atoms. The normalized spacial score (nSPS) is 11.6. The summed E-state index contributed by atoms with van der Waals surface area (Å²) in [6.07, 6.45) is -0.210. The summed E-state index contributed by atoms with van der Waals surface area (Å²) in [6.45, 7) is 3.48. The zero-order valence-electron chi connectivity index (χ0n) is 13.0. The molecule has 0 aliphatic heterocycles. The van der Waals surface area contributed by atoms with Gasteiger partial charge in [-0.2, -0.15) is 0 Å². The monoisotopic (exact) mass is 331 g/mol. The highest BCUT2D eigenvalue weighted by Gasteiger charge is 2.15. The fourth-order valence-corrected chi connectivity index (χ4v) is 2.08. The number of amides is 1. The fraction of sp³-hybridized carbons (Fsp3) is 0.222. The average Bonchev–Trinajstić information content (AvgIpc) is 2.56. The molecular formula is C18H18ClNO3. The van der Waals surface area contributed by atoms with Crippen molar-refractivity contribution in [3.63, 3.8) is 0 Å². The Labute approximate surface area is 140 Å². The Kier molecular flexibility index (Phi) is 5.77. The standard InChI is InChI=1S/C18H18ClNO3/c1-3-17(21)13-4-10-16(11-5-13)23-12(2)18(22)20-15-8-6-14(19)7-9-15/h4-12H,3H2,1-2H3,(H,20,22). The van der Waals surface area contributed by atoms with Gasteiger partial charge in [0.2, 0.25) is 0 Å². The van der Waals surface area contributed by atoms with Crippen molar-refractivity contribution in [1.29, 1.82) is 0 Å². The molecule has 1 unspecified atom stereocenters. The number of hydrogen-bond acceptors (Lipinski definition) is 3. The minimum absolute atomic E-state index is 0.0741. The van der Waals surface area contributed by atoms with Gasteiger partial charge in [-0.15, -0.1) is 0 Å². The molecule has 2 aromatic rings. The average molecular weight is 332 g/mol. The van der Waals surface area contributed by atoms with Gasteiger partial charge in [-0.1, -0.05) is 18.5 Å². The summed E-state index contributed by atoms with van der Waals surface area (Å²) in [5.74, 6) is 0.350. The Balaban J connectivity index is 1.95. The lowest BCUT2D eigenvalue weighted by Gasteiger charge is -2.15. The van der Waals surface area contributed by atoms with Crippen LogP contribution in [0.1, 0.15) is 30.6 Å². The molecule has 4 nitrogen and oxygen atoms in total. The van der Waals surface area contributed by atoms with Gasteiger partial charge in [-0.05, 0) is 55.5 Å². The van der Waals surface area contributed by atoms with E-state index in [2.05, 4.69) is 5.32 Å². The van der Waals surface area contributed by atoms with E-state index in [4.69, 9.17) is 16.3 Å². The molecule has 0 fully saturated rings. The van der Waals surface area contributed by atoms with E-state index in [1.54, 1.807) is 55.5 Å². The third-order valence-electron chi connectivity index (χ3n) is 3.29. The van der Waals surface area contributed by atoms with Crippen molar-refractivity contribution >= 4 is 29.0 Å². The molecular weight excluding hydrogens is 314 g/mol. The maximum Gasteiger partial charge on any atom is 0.265 e. The lowest BCUT2D eigenvalue weighted by atomic mass is 10.1. The predicted octanol–water partition coefficient (Wildman–Crippen LogP) is 4.34. The van der Waals surface area contributed by atoms with Gasteiger partial charge in [-0.25, -0.2) is 0 Å². The van der Waals surface area contributed by atoms with Crippen molar-refractivity contribution in [1.82, 2.24) is 0 Å². The Hall–Kier alpha value is -2.33. The zero-order chi connectivity index (χ0) is 16.8. The number of carbonyl (C=O) groups excluding carboxylic acids is 2. The van der Waals surface area contributed by atoms with Crippen LogP contribution in [0, 0.1) is 0 Å². The first-order chi connectivity index (χ1) is 11.0. The Bertz CT molecular complexity index is 680. The first-order valence-corrected chi connectivity index (χ1v) is 7.73. The van der Waals surface area contributed by atoms with Gasteiger partial charge < -0.3 is 10.1 Å². The van der Waals surface area contributed by atoms with Crippen LogP contribution in [0.2, 0.25) is 5.02 Å². The van der Waals surface area contributed by atoms with Crippen LogP contribution < -0.4 is 10.1 Å². The molecule has 1 amide bonds. The van der Waals surface area contributed by atoms with Gasteiger partial charge >= 0.3 is 0 Å². The molecule has 2 aromatic carbocycles. The van der Waals surface area contributed by atoms with E-state index in [9.17, 15) is 9.59 Å². The Morgan fingerprint density at radius 2 is 1.70 bits per heavy atom. The topological polar surface area (TPSA) is 55.4 Å². The highest BCUT2D eigenvalue weighted by molar-refractivity contribution is 6.30. The lowest BCUT2D eigenvalue weighted by Crippen LogP contribution is -2.30. The molecule has 120 valence electrons. The van der Waals surface area contributed by atoms with E-state index in [0.717, 1.165) is 0 Å². The zero-order valence-corrected chi connectivity index (χ0v) is 13.8. The van der Waals surface area contributed by atoms with Crippen molar-refractivity contribution < 1.29 is 14.3 Å². The second-order valence-electron chi connectivity index (χ2n) is 5.06. The summed E-state index contributed by atoms with van der Waals surface area (Å²) in [5, 5.41) is 3.36. The van der Waals surface area contributed by atoms with Gasteiger partial charge in [-0.3, -0.25) is 9.59 Å². The van der Waals surface area contributed by atoms with Crippen molar-refractivity contribution in [3.8, 4) is 5.75 Å². The molecule has 0 heterocycles. The van der Waals surface area contributed by atoms with Crippen LogP contribution in [0.5, 0.6) is 5.75 Å². The van der Waals surface area contributed by atoms with Gasteiger partial charge in [0, 0.05) is 22.7 Å². The summed E-state index contributed by atoms with van der Waals surface area (Å²) in [5.41, 5.74) is 1.29. The molecule has 23 heavy (non-hydrogen) atoms. The third-order valence-corrected chi connectivity index (χ3v) is 3.54. The smallest absolute Gasteiger partial charge is 0.265 e. The number of carbonyl (C=O) groups is 2. The molecule has 0 saturated carbocycles. The molecule has 1 atom stereocenters. The first-order valence-electron chi connectivity index (χ1n) is 7.36. The Morgan fingerprint density at radius 3 is 2.26 bits per heavy atom. The number of nitrogens with one attached hydrogen (secondary N) is 1. The molecule has 5 heteroatoms. The minimum Gasteiger partial charge on any atom is -0.481 e. The van der Waals surface area contributed by atoms with Gasteiger partial charge in [0.05, 0.1) is 0 Å². The number of Topliss-reactive ketones (excluding diaryl/α,β-unsaturated/α-hetero) is 1. The van der Waals surface area contributed by atoms with Crippen molar-refractivity contribution in [2.24, 2.45) is 0 Å². The largest absolute Gasteiger partial charge is 0.481 e. The molecule has 0 bridgehead atoms. The molecule has 1 N–H and O–H groups in total. The molecule has 0 aliphatic rings. The maximum atomic E-state index is 12.1. The second kappa shape index (κ2) is 7.79. The van der Waals surface area contributed by atoms with Crippen LogP contribution in [0.3, 0.4) is 0 Å². The van der Waals surface area contributed by atoms with Crippen LogP contribution in [0.15, 0.2) is 48.5 Å². The van der Waals surface area contributed by atoms with Crippen molar-refractivity contribution in [2.45, 2.75) is 26.4 Å². The molecule has 0 saturated heterocycles. The quantitative estimate of drug-likeness (QED) is 0.801. The SMILES string of the molecule is CCC(=O)c1ccc(OC(C)C(=O)Nc2ccc(Cl)cc2)cc1. The lowest BCUT2D eigenvalue weighted by molar-refractivity contribution is -0.122. The van der Waals surface area contributed by atoms with Crippen molar-refractivity contribution in [2.75, 3.05) is 5.32 Å². The number of ketones is 1. The van der Waals surface area contributed by atoms with Gasteiger partial charge in [0.15, 0.2) is 11.9 Å². The molecule has 0 radical (unpaired) electrons. The summed E-state index contributed by atoms with van der Waals surface area (Å²) in [7, 11) is 0. The fourth-order valence-electron chi connectivity index (χ4n) is 1.96. The second-order valence-corrected chi connectivity index (χ2v) is 5.49. The van der Waals surface area contributed by atoms with E-state index in [-0.39, 0.29) is 11.7 Å². The summed E-state index contributed by atoms with van der Waals surface area (Å²) in [6, 6.07) is 13.6. The Morgan fingerprint density at radius 1 is 1.09 bits per heavy atom. The van der Waals surface area contributed by atoms with Crippen molar-refractivity contribution in [3.05, 3.63) is 59.1 Å². The van der Waals surface area contributed by atoms with Crippen LogP contribution >= 0.6 is 11.6 Å². The first kappa shape index (κ1) is 17.0.